The van der Waals surface area contributed by atoms with Crippen molar-refractivity contribution in [2.75, 3.05) is 74.6 Å². The minimum atomic E-state index is -2.86. The molecular formula is C14H31NO6SSi. The van der Waals surface area contributed by atoms with Crippen molar-refractivity contribution in [1.82, 2.24) is 4.90 Å². The summed E-state index contributed by atoms with van der Waals surface area (Å²) in [4.78, 5) is 2.80. The van der Waals surface area contributed by atoms with Crippen molar-refractivity contribution in [3.63, 3.8) is 0 Å². The van der Waals surface area contributed by atoms with Gasteiger partial charge in [-0.3, -0.25) is 0 Å². The van der Waals surface area contributed by atoms with Crippen LogP contribution in [0.1, 0.15) is 6.92 Å². The fourth-order valence-electron chi connectivity index (χ4n) is 1.65. The van der Waals surface area contributed by atoms with Gasteiger partial charge in [-0.1, -0.05) is 12.2 Å². The molecule has 0 atom stereocenters. The molecule has 0 radical (unpaired) electrons. The van der Waals surface area contributed by atoms with Gasteiger partial charge in [0.1, 0.15) is 0 Å². The predicted octanol–water partition coefficient (Wildman–Crippen LogP) is 1.19. The van der Waals surface area contributed by atoms with Crippen LogP contribution in [0.5, 0.6) is 0 Å². The molecule has 0 bridgehead atoms. The molecule has 0 fully saturated rings. The fourth-order valence-corrected chi connectivity index (χ4v) is 4.21. The summed E-state index contributed by atoms with van der Waals surface area (Å²) in [6.45, 7) is 5.31. The van der Waals surface area contributed by atoms with E-state index in [2.05, 4.69) is 0 Å². The third-order valence-corrected chi connectivity index (χ3v) is 6.20. The largest absolute Gasteiger partial charge is 0.503 e. The van der Waals surface area contributed by atoms with Crippen molar-refractivity contribution in [3.05, 3.63) is 0 Å². The van der Waals surface area contributed by atoms with Gasteiger partial charge in [0, 0.05) is 41.0 Å². The summed E-state index contributed by atoms with van der Waals surface area (Å²) in [6, 6.07) is 0.634. The molecule has 0 aliphatic rings. The SMILES string of the molecule is COCCO[Si](CCN(C)C(C)=S)(OCCOC)OCCOC. The molecule has 0 saturated carbocycles. The van der Waals surface area contributed by atoms with Crippen LogP contribution in [-0.2, 0) is 27.5 Å². The Morgan fingerprint density at radius 3 is 1.52 bits per heavy atom. The third kappa shape index (κ3) is 11.1. The summed E-state index contributed by atoms with van der Waals surface area (Å²) in [5.74, 6) is 0. The smallest absolute Gasteiger partial charge is 0.382 e. The zero-order valence-electron chi connectivity index (χ0n) is 15.0. The molecule has 0 N–H and O–H groups in total. The molecule has 7 nitrogen and oxygen atoms in total. The first-order chi connectivity index (χ1) is 11.0. The van der Waals surface area contributed by atoms with E-state index >= 15 is 0 Å². The zero-order valence-corrected chi connectivity index (χ0v) is 16.8. The van der Waals surface area contributed by atoms with Crippen LogP contribution in [0.25, 0.3) is 0 Å². The highest BCUT2D eigenvalue weighted by Crippen LogP contribution is 2.17. The molecule has 0 aromatic carbocycles. The molecule has 0 spiro atoms. The molecular weight excluding hydrogens is 338 g/mol. The van der Waals surface area contributed by atoms with Crippen LogP contribution in [0.2, 0.25) is 6.04 Å². The zero-order chi connectivity index (χ0) is 17.6. The Labute approximate surface area is 146 Å². The van der Waals surface area contributed by atoms with Crippen LogP contribution in [0.15, 0.2) is 0 Å². The van der Waals surface area contributed by atoms with Crippen LogP contribution in [0.3, 0.4) is 0 Å². The highest BCUT2D eigenvalue weighted by molar-refractivity contribution is 7.80. The lowest BCUT2D eigenvalue weighted by Gasteiger charge is -2.31. The average Bonchev–Trinajstić information content (AvgIpc) is 2.53. The lowest BCUT2D eigenvalue weighted by atomic mass is 10.6. The lowest BCUT2D eigenvalue weighted by Crippen LogP contribution is -2.50. The Balaban J connectivity index is 4.81. The third-order valence-electron chi connectivity index (χ3n) is 3.12. The maximum atomic E-state index is 5.98. The van der Waals surface area contributed by atoms with E-state index in [-0.39, 0.29) is 0 Å². The Kier molecular flexibility index (Phi) is 14.1. The second-order valence-electron chi connectivity index (χ2n) is 4.90. The van der Waals surface area contributed by atoms with Gasteiger partial charge < -0.3 is 32.4 Å². The van der Waals surface area contributed by atoms with Gasteiger partial charge in [0.25, 0.3) is 0 Å². The molecule has 0 rings (SSSR count). The maximum Gasteiger partial charge on any atom is 0.503 e. The summed E-state index contributed by atoms with van der Waals surface area (Å²) in [6.07, 6.45) is 0. The van der Waals surface area contributed by atoms with Gasteiger partial charge in [0.2, 0.25) is 0 Å². The van der Waals surface area contributed by atoms with E-state index in [1.54, 1.807) is 21.3 Å². The van der Waals surface area contributed by atoms with E-state index in [0.717, 1.165) is 4.99 Å². The first-order valence-corrected chi connectivity index (χ1v) is 9.95. The number of rotatable bonds is 15. The van der Waals surface area contributed by atoms with Crippen LogP contribution in [0, 0.1) is 0 Å². The van der Waals surface area contributed by atoms with Crippen LogP contribution < -0.4 is 0 Å². The second-order valence-corrected chi connectivity index (χ2v) is 8.22. The molecule has 0 aromatic rings. The molecule has 0 heterocycles. The number of hydrogen-bond acceptors (Lipinski definition) is 7. The molecule has 9 heteroatoms. The van der Waals surface area contributed by atoms with E-state index in [1.165, 1.54) is 0 Å². The quantitative estimate of drug-likeness (QED) is 0.242. The van der Waals surface area contributed by atoms with Crippen molar-refractivity contribution < 1.29 is 27.5 Å². The Morgan fingerprint density at radius 1 is 0.826 bits per heavy atom. The van der Waals surface area contributed by atoms with E-state index in [0.29, 0.717) is 52.2 Å². The van der Waals surface area contributed by atoms with E-state index in [9.17, 15) is 0 Å². The topological polar surface area (TPSA) is 58.6 Å². The van der Waals surface area contributed by atoms with E-state index in [4.69, 9.17) is 39.7 Å². The molecule has 0 aliphatic heterocycles. The van der Waals surface area contributed by atoms with Crippen LogP contribution in [0.4, 0.5) is 0 Å². The highest BCUT2D eigenvalue weighted by Gasteiger charge is 2.41. The van der Waals surface area contributed by atoms with Crippen LogP contribution >= 0.6 is 12.2 Å². The average molecular weight is 370 g/mol. The van der Waals surface area contributed by atoms with Crippen molar-refractivity contribution in [3.8, 4) is 0 Å². The van der Waals surface area contributed by atoms with E-state index in [1.807, 2.05) is 18.9 Å². The van der Waals surface area contributed by atoms with Gasteiger partial charge in [-0.15, -0.1) is 0 Å². The van der Waals surface area contributed by atoms with Crippen molar-refractivity contribution in [1.29, 1.82) is 0 Å². The van der Waals surface area contributed by atoms with Gasteiger partial charge in [-0.25, -0.2) is 0 Å². The summed E-state index contributed by atoms with van der Waals surface area (Å²) in [5, 5.41) is 0. The summed E-state index contributed by atoms with van der Waals surface area (Å²) in [7, 11) is 3.99. The van der Waals surface area contributed by atoms with Gasteiger partial charge in [0.15, 0.2) is 0 Å². The standard InChI is InChI=1S/C14H31NO6SSi/c1-14(22)15(2)6-13-23(19-10-7-16-3,20-11-8-17-4)21-12-9-18-5/h6-13H2,1-5H3. The first-order valence-electron chi connectivity index (χ1n) is 7.61. The number of ether oxygens (including phenoxy) is 3. The van der Waals surface area contributed by atoms with Crippen molar-refractivity contribution in [2.24, 2.45) is 0 Å². The van der Waals surface area contributed by atoms with Gasteiger partial charge in [-0.2, -0.15) is 0 Å². The second kappa shape index (κ2) is 14.2. The number of nitrogens with zero attached hydrogens (tertiary/aromatic N) is 1. The van der Waals surface area contributed by atoms with Crippen LogP contribution in [-0.4, -0.2) is 93.3 Å². The molecule has 0 aliphatic carbocycles. The summed E-state index contributed by atoms with van der Waals surface area (Å²) >= 11 is 5.18. The normalized spacial score (nSPS) is 11.7. The fraction of sp³-hybridized carbons (Fsp3) is 0.929. The summed E-state index contributed by atoms with van der Waals surface area (Å²) < 4.78 is 33.1. The number of hydrogen-bond donors (Lipinski definition) is 0. The Bertz CT molecular complexity index is 284. The maximum absolute atomic E-state index is 5.98. The monoisotopic (exact) mass is 369 g/mol. The minimum absolute atomic E-state index is 0.420. The Morgan fingerprint density at radius 2 is 1.22 bits per heavy atom. The first kappa shape index (κ1) is 22.9. The molecule has 0 saturated heterocycles. The number of thiocarbonyl (C=S) groups is 1. The van der Waals surface area contributed by atoms with Gasteiger partial charge in [0.05, 0.1) is 44.6 Å². The van der Waals surface area contributed by atoms with Gasteiger partial charge in [-0.05, 0) is 6.92 Å². The summed E-state index contributed by atoms with van der Waals surface area (Å²) in [5.41, 5.74) is 0. The highest BCUT2D eigenvalue weighted by atomic mass is 32.1. The Hall–Kier alpha value is -0.133. The molecule has 0 amide bonds. The number of methoxy groups -OCH3 is 3. The molecule has 23 heavy (non-hydrogen) atoms. The van der Waals surface area contributed by atoms with Crippen molar-refractivity contribution >= 4 is 26.0 Å². The predicted molar refractivity (Wildman–Crippen MR) is 94.9 cm³/mol. The van der Waals surface area contributed by atoms with E-state index < -0.39 is 8.80 Å². The molecule has 0 aromatic heterocycles. The lowest BCUT2D eigenvalue weighted by molar-refractivity contribution is 0.0141. The molecule has 0 unspecified atom stereocenters. The van der Waals surface area contributed by atoms with Crippen molar-refractivity contribution in [2.45, 2.75) is 13.0 Å². The minimum Gasteiger partial charge on any atom is -0.382 e. The molecule has 138 valence electrons. The van der Waals surface area contributed by atoms with Gasteiger partial charge >= 0.3 is 8.80 Å².